The van der Waals surface area contributed by atoms with Crippen LogP contribution in [-0.4, -0.2) is 48.0 Å². The van der Waals surface area contributed by atoms with Crippen LogP contribution in [0.1, 0.15) is 23.9 Å². The van der Waals surface area contributed by atoms with Crippen molar-refractivity contribution in [3.63, 3.8) is 0 Å². The van der Waals surface area contributed by atoms with Crippen LogP contribution in [0.3, 0.4) is 0 Å². The number of rotatable bonds is 3. The molecule has 1 aromatic heterocycles. The molecule has 1 atom stereocenters. The molecule has 6 heteroatoms. The molecule has 1 amide bonds. The third-order valence-electron chi connectivity index (χ3n) is 3.83. The van der Waals surface area contributed by atoms with Gasteiger partial charge in [-0.05, 0) is 26.2 Å². The summed E-state index contributed by atoms with van der Waals surface area (Å²) in [5, 5.41) is 7.05. The lowest BCUT2D eigenvalue weighted by molar-refractivity contribution is -0.118. The molecule has 1 aromatic rings. The number of carbonyl (C=O) groups excluding carboxylic acids is 1. The van der Waals surface area contributed by atoms with Crippen LogP contribution in [0.4, 0.5) is 5.13 Å². The Morgan fingerprint density at radius 3 is 3.26 bits per heavy atom. The Bertz CT molecular complexity index is 452. The number of nitrogens with one attached hydrogen (secondary N) is 2. The molecule has 0 spiro atoms. The summed E-state index contributed by atoms with van der Waals surface area (Å²) in [6.07, 6.45) is 3.40. The van der Waals surface area contributed by atoms with E-state index in [1.54, 1.807) is 11.3 Å². The smallest absolute Gasteiger partial charge is 0.240 e. The zero-order valence-corrected chi connectivity index (χ0v) is 12.1. The standard InChI is InChI=1S/C13H20N4OS/c1-9-7-14-5-6-17(9)8-12(18)16-13-15-10-3-2-4-11(10)19-13/h9,14H,2-8H2,1H3,(H,15,16,18)/t9-/m1/s1. The van der Waals surface area contributed by atoms with Crippen LogP contribution in [-0.2, 0) is 17.6 Å². The van der Waals surface area contributed by atoms with Gasteiger partial charge in [0.25, 0.3) is 0 Å². The van der Waals surface area contributed by atoms with Crippen molar-refractivity contribution in [2.24, 2.45) is 0 Å². The number of thiazole rings is 1. The molecule has 104 valence electrons. The van der Waals surface area contributed by atoms with Crippen molar-refractivity contribution < 1.29 is 4.79 Å². The Hall–Kier alpha value is -0.980. The number of fused-ring (bicyclic) bond motifs is 1. The van der Waals surface area contributed by atoms with Crippen molar-refractivity contribution >= 4 is 22.4 Å². The van der Waals surface area contributed by atoms with Crippen molar-refractivity contribution in [1.82, 2.24) is 15.2 Å². The summed E-state index contributed by atoms with van der Waals surface area (Å²) in [7, 11) is 0. The quantitative estimate of drug-likeness (QED) is 0.862. The first-order chi connectivity index (χ1) is 9.22. The first-order valence-corrected chi connectivity index (χ1v) is 7.77. The monoisotopic (exact) mass is 280 g/mol. The van der Waals surface area contributed by atoms with Gasteiger partial charge in [0.05, 0.1) is 12.2 Å². The molecule has 0 unspecified atom stereocenters. The minimum absolute atomic E-state index is 0.0566. The van der Waals surface area contributed by atoms with E-state index in [1.807, 2.05) is 0 Å². The lowest BCUT2D eigenvalue weighted by Crippen LogP contribution is -2.51. The predicted molar refractivity (Wildman–Crippen MR) is 76.7 cm³/mol. The molecule has 5 nitrogen and oxygen atoms in total. The topological polar surface area (TPSA) is 57.3 Å². The lowest BCUT2D eigenvalue weighted by atomic mass is 10.2. The summed E-state index contributed by atoms with van der Waals surface area (Å²) in [6, 6.07) is 0.417. The molecule has 1 fully saturated rings. The van der Waals surface area contributed by atoms with Gasteiger partial charge in [0, 0.05) is 30.6 Å². The number of nitrogens with zero attached hydrogens (tertiary/aromatic N) is 2. The van der Waals surface area contributed by atoms with Gasteiger partial charge in [0.1, 0.15) is 0 Å². The maximum atomic E-state index is 12.0. The molecule has 0 bridgehead atoms. The van der Waals surface area contributed by atoms with E-state index in [2.05, 4.69) is 27.4 Å². The van der Waals surface area contributed by atoms with Gasteiger partial charge in [-0.2, -0.15) is 0 Å². The Balaban J connectivity index is 1.55. The zero-order valence-electron chi connectivity index (χ0n) is 11.2. The molecular formula is C13H20N4OS. The number of carbonyl (C=O) groups is 1. The Labute approximate surface area is 117 Å². The van der Waals surface area contributed by atoms with E-state index < -0.39 is 0 Å². The van der Waals surface area contributed by atoms with E-state index >= 15 is 0 Å². The number of hydrogen-bond donors (Lipinski definition) is 2. The average molecular weight is 280 g/mol. The van der Waals surface area contributed by atoms with Crippen LogP contribution >= 0.6 is 11.3 Å². The van der Waals surface area contributed by atoms with Crippen LogP contribution < -0.4 is 10.6 Å². The molecule has 0 saturated carbocycles. The average Bonchev–Trinajstić information content (AvgIpc) is 2.92. The normalized spacial score (nSPS) is 23.3. The van der Waals surface area contributed by atoms with Crippen molar-refractivity contribution in [3.05, 3.63) is 10.6 Å². The summed E-state index contributed by atoms with van der Waals surface area (Å²) < 4.78 is 0. The maximum Gasteiger partial charge on any atom is 0.240 e. The van der Waals surface area contributed by atoms with Gasteiger partial charge >= 0.3 is 0 Å². The van der Waals surface area contributed by atoms with Gasteiger partial charge in [-0.15, -0.1) is 11.3 Å². The molecule has 0 radical (unpaired) electrons. The minimum atomic E-state index is 0.0566. The highest BCUT2D eigenvalue weighted by Crippen LogP contribution is 2.30. The van der Waals surface area contributed by atoms with E-state index in [4.69, 9.17) is 0 Å². The third-order valence-corrected chi connectivity index (χ3v) is 4.90. The molecule has 2 heterocycles. The molecule has 1 aliphatic carbocycles. The maximum absolute atomic E-state index is 12.0. The molecule has 19 heavy (non-hydrogen) atoms. The van der Waals surface area contributed by atoms with Crippen LogP contribution in [0.2, 0.25) is 0 Å². The number of aryl methyl sites for hydroxylation is 2. The van der Waals surface area contributed by atoms with Gasteiger partial charge in [0.2, 0.25) is 5.91 Å². The predicted octanol–water partition coefficient (Wildman–Crippen LogP) is 0.864. The summed E-state index contributed by atoms with van der Waals surface area (Å²) in [6.45, 7) is 5.47. The second-order valence-electron chi connectivity index (χ2n) is 5.31. The number of anilines is 1. The SMILES string of the molecule is C[C@@H]1CNCCN1CC(=O)Nc1nc2c(s1)CCC2. The fourth-order valence-electron chi connectivity index (χ4n) is 2.71. The number of aromatic nitrogens is 1. The molecular weight excluding hydrogens is 260 g/mol. The highest BCUT2D eigenvalue weighted by molar-refractivity contribution is 7.15. The first kappa shape index (κ1) is 13.0. The third kappa shape index (κ3) is 2.96. The second-order valence-corrected chi connectivity index (χ2v) is 6.40. The van der Waals surface area contributed by atoms with Gasteiger partial charge in [-0.1, -0.05) is 0 Å². The van der Waals surface area contributed by atoms with Crippen LogP contribution in [0.15, 0.2) is 0 Å². The largest absolute Gasteiger partial charge is 0.314 e. The van der Waals surface area contributed by atoms with Crippen molar-refractivity contribution in [2.75, 3.05) is 31.5 Å². The second kappa shape index (κ2) is 5.56. The Morgan fingerprint density at radius 2 is 2.47 bits per heavy atom. The van der Waals surface area contributed by atoms with E-state index in [1.165, 1.54) is 17.0 Å². The number of piperazine rings is 1. The fourth-order valence-corrected chi connectivity index (χ4v) is 3.77. The molecule has 0 aromatic carbocycles. The van der Waals surface area contributed by atoms with E-state index in [0.29, 0.717) is 12.6 Å². The summed E-state index contributed by atoms with van der Waals surface area (Å²) >= 11 is 1.64. The van der Waals surface area contributed by atoms with Crippen molar-refractivity contribution in [2.45, 2.75) is 32.2 Å². The molecule has 1 saturated heterocycles. The first-order valence-electron chi connectivity index (χ1n) is 6.95. The number of amides is 1. The zero-order chi connectivity index (χ0) is 13.2. The molecule has 2 N–H and O–H groups in total. The summed E-state index contributed by atoms with van der Waals surface area (Å²) in [5.74, 6) is 0.0566. The summed E-state index contributed by atoms with van der Waals surface area (Å²) in [4.78, 5) is 20.1. The van der Waals surface area contributed by atoms with E-state index in [-0.39, 0.29) is 5.91 Å². The van der Waals surface area contributed by atoms with Crippen LogP contribution in [0.25, 0.3) is 0 Å². The lowest BCUT2D eigenvalue weighted by Gasteiger charge is -2.33. The van der Waals surface area contributed by atoms with Crippen molar-refractivity contribution in [1.29, 1.82) is 0 Å². The van der Waals surface area contributed by atoms with Crippen LogP contribution in [0.5, 0.6) is 0 Å². The van der Waals surface area contributed by atoms with E-state index in [0.717, 1.165) is 37.6 Å². The summed E-state index contributed by atoms with van der Waals surface area (Å²) in [5.41, 5.74) is 1.19. The van der Waals surface area contributed by atoms with Gasteiger partial charge in [-0.3, -0.25) is 9.69 Å². The minimum Gasteiger partial charge on any atom is -0.314 e. The molecule has 1 aliphatic heterocycles. The Kier molecular flexibility index (Phi) is 3.81. The molecule has 3 rings (SSSR count). The van der Waals surface area contributed by atoms with Crippen LogP contribution in [0, 0.1) is 0 Å². The fraction of sp³-hybridized carbons (Fsp3) is 0.692. The van der Waals surface area contributed by atoms with Crippen molar-refractivity contribution in [3.8, 4) is 0 Å². The van der Waals surface area contributed by atoms with Gasteiger partial charge in [0.15, 0.2) is 5.13 Å². The van der Waals surface area contributed by atoms with Gasteiger partial charge < -0.3 is 10.6 Å². The Morgan fingerprint density at radius 1 is 1.58 bits per heavy atom. The molecule has 2 aliphatic rings. The number of hydrogen-bond acceptors (Lipinski definition) is 5. The van der Waals surface area contributed by atoms with E-state index in [9.17, 15) is 4.79 Å². The van der Waals surface area contributed by atoms with Gasteiger partial charge in [-0.25, -0.2) is 4.98 Å². The highest BCUT2D eigenvalue weighted by atomic mass is 32.1. The highest BCUT2D eigenvalue weighted by Gasteiger charge is 2.22.